The Morgan fingerprint density at radius 3 is 2.48 bits per heavy atom. The smallest absolute Gasteiger partial charge is 0.332 e. The minimum Gasteiger partial charge on any atom is -0.341 e. The number of carbonyl (C=O) groups excluding carboxylic acids is 1. The second-order valence-electron chi connectivity index (χ2n) is 6.91. The predicted molar refractivity (Wildman–Crippen MR) is 94.5 cm³/mol. The van der Waals surface area contributed by atoms with Crippen molar-refractivity contribution in [2.24, 2.45) is 14.1 Å². The first kappa shape index (κ1) is 17.4. The van der Waals surface area contributed by atoms with Crippen molar-refractivity contribution in [1.82, 2.24) is 23.6 Å². The van der Waals surface area contributed by atoms with E-state index in [1.807, 2.05) is 0 Å². The SMILES string of the molecule is CN(C(=O)Cn1c(=O)c2c(ncn2C)n(C)c1=O)C1CCCCCC1. The molecular formula is C17H25N5O3. The first-order valence-electron chi connectivity index (χ1n) is 8.78. The highest BCUT2D eigenvalue weighted by molar-refractivity contribution is 5.77. The molecule has 1 aliphatic carbocycles. The van der Waals surface area contributed by atoms with Gasteiger partial charge in [-0.05, 0) is 12.8 Å². The molecule has 8 nitrogen and oxygen atoms in total. The summed E-state index contributed by atoms with van der Waals surface area (Å²) in [6, 6.07) is 0.190. The van der Waals surface area contributed by atoms with Gasteiger partial charge >= 0.3 is 5.69 Å². The summed E-state index contributed by atoms with van der Waals surface area (Å²) in [6.07, 6.45) is 8.10. The molecular weight excluding hydrogens is 322 g/mol. The number of nitrogens with zero attached hydrogens (tertiary/aromatic N) is 5. The first-order chi connectivity index (χ1) is 11.9. The van der Waals surface area contributed by atoms with E-state index in [0.29, 0.717) is 11.2 Å². The van der Waals surface area contributed by atoms with Gasteiger partial charge in [-0.1, -0.05) is 25.7 Å². The van der Waals surface area contributed by atoms with Gasteiger partial charge in [-0.2, -0.15) is 0 Å². The number of carbonyl (C=O) groups is 1. The summed E-state index contributed by atoms with van der Waals surface area (Å²) in [7, 11) is 5.04. The number of likely N-dealkylation sites (N-methyl/N-ethyl adjacent to an activating group) is 1. The largest absolute Gasteiger partial charge is 0.341 e. The molecule has 25 heavy (non-hydrogen) atoms. The van der Waals surface area contributed by atoms with Gasteiger partial charge in [-0.15, -0.1) is 0 Å². The third-order valence-corrected chi connectivity index (χ3v) is 5.26. The second kappa shape index (κ2) is 6.85. The summed E-state index contributed by atoms with van der Waals surface area (Å²) in [5, 5.41) is 0. The third kappa shape index (κ3) is 3.12. The molecule has 0 saturated heterocycles. The van der Waals surface area contributed by atoms with Crippen LogP contribution >= 0.6 is 0 Å². The molecule has 2 aromatic heterocycles. The highest BCUT2D eigenvalue weighted by atomic mass is 16.2. The van der Waals surface area contributed by atoms with E-state index >= 15 is 0 Å². The van der Waals surface area contributed by atoms with Crippen molar-refractivity contribution in [3.63, 3.8) is 0 Å². The molecule has 0 aromatic carbocycles. The topological polar surface area (TPSA) is 82.1 Å². The molecule has 1 fully saturated rings. The molecule has 2 heterocycles. The van der Waals surface area contributed by atoms with Gasteiger partial charge in [0.2, 0.25) is 5.91 Å². The predicted octanol–water partition coefficient (Wildman–Crippen LogP) is 0.615. The zero-order valence-electron chi connectivity index (χ0n) is 15.1. The van der Waals surface area contributed by atoms with Gasteiger partial charge in [0.15, 0.2) is 11.2 Å². The van der Waals surface area contributed by atoms with Gasteiger partial charge in [-0.25, -0.2) is 14.3 Å². The van der Waals surface area contributed by atoms with Crippen LogP contribution in [0.1, 0.15) is 38.5 Å². The molecule has 1 amide bonds. The second-order valence-corrected chi connectivity index (χ2v) is 6.91. The van der Waals surface area contributed by atoms with Gasteiger partial charge in [0.25, 0.3) is 5.56 Å². The number of amides is 1. The van der Waals surface area contributed by atoms with E-state index < -0.39 is 11.2 Å². The van der Waals surface area contributed by atoms with Crippen molar-refractivity contribution >= 4 is 17.1 Å². The van der Waals surface area contributed by atoms with Gasteiger partial charge in [-0.3, -0.25) is 14.2 Å². The summed E-state index contributed by atoms with van der Waals surface area (Å²) < 4.78 is 3.91. The number of imidazole rings is 1. The Hall–Kier alpha value is -2.38. The van der Waals surface area contributed by atoms with Crippen molar-refractivity contribution in [2.45, 2.75) is 51.1 Å². The first-order valence-corrected chi connectivity index (χ1v) is 8.78. The Kier molecular flexibility index (Phi) is 4.78. The molecule has 3 rings (SSSR count). The molecule has 0 spiro atoms. The normalized spacial score (nSPS) is 16.1. The maximum atomic E-state index is 12.7. The molecule has 2 aromatic rings. The highest BCUT2D eigenvalue weighted by Crippen LogP contribution is 2.21. The zero-order chi connectivity index (χ0) is 18.1. The molecule has 0 unspecified atom stereocenters. The van der Waals surface area contributed by atoms with E-state index in [0.717, 1.165) is 30.3 Å². The molecule has 8 heteroatoms. The monoisotopic (exact) mass is 347 g/mol. The number of fused-ring (bicyclic) bond motifs is 1. The molecule has 136 valence electrons. The number of hydrogen-bond donors (Lipinski definition) is 0. The van der Waals surface area contributed by atoms with Gasteiger partial charge in [0.05, 0.1) is 6.33 Å². The fourth-order valence-electron chi connectivity index (χ4n) is 3.63. The lowest BCUT2D eigenvalue weighted by molar-refractivity contribution is -0.133. The van der Waals surface area contributed by atoms with Gasteiger partial charge in [0, 0.05) is 27.2 Å². The molecule has 1 saturated carbocycles. The highest BCUT2D eigenvalue weighted by Gasteiger charge is 2.23. The van der Waals surface area contributed by atoms with Gasteiger partial charge in [0.1, 0.15) is 6.54 Å². The summed E-state index contributed by atoms with van der Waals surface area (Å²) in [4.78, 5) is 43.7. The van der Waals surface area contributed by atoms with Crippen molar-refractivity contribution in [3.05, 3.63) is 27.2 Å². The van der Waals surface area contributed by atoms with Crippen molar-refractivity contribution in [2.75, 3.05) is 7.05 Å². The van der Waals surface area contributed by atoms with Gasteiger partial charge < -0.3 is 9.47 Å². The number of aromatic nitrogens is 4. The molecule has 0 aliphatic heterocycles. The molecule has 0 bridgehead atoms. The van der Waals surface area contributed by atoms with Crippen LogP contribution in [0.2, 0.25) is 0 Å². The molecule has 0 N–H and O–H groups in total. The third-order valence-electron chi connectivity index (χ3n) is 5.26. The minimum atomic E-state index is -0.515. The maximum absolute atomic E-state index is 12.7. The van der Waals surface area contributed by atoms with E-state index in [-0.39, 0.29) is 18.5 Å². The van der Waals surface area contributed by atoms with Crippen LogP contribution in [0.25, 0.3) is 11.2 Å². The van der Waals surface area contributed by atoms with Crippen molar-refractivity contribution in [1.29, 1.82) is 0 Å². The maximum Gasteiger partial charge on any atom is 0.332 e. The lowest BCUT2D eigenvalue weighted by Crippen LogP contribution is -2.46. The van der Waals surface area contributed by atoms with E-state index in [1.54, 1.807) is 30.6 Å². The average Bonchev–Trinajstić information content (AvgIpc) is 2.81. The Bertz CT molecular complexity index is 899. The van der Waals surface area contributed by atoms with Crippen LogP contribution in [-0.4, -0.2) is 42.6 Å². The Balaban J connectivity index is 1.92. The molecule has 0 atom stereocenters. The van der Waals surface area contributed by atoms with E-state index in [4.69, 9.17) is 0 Å². The van der Waals surface area contributed by atoms with E-state index in [2.05, 4.69) is 4.98 Å². The standard InChI is InChI=1S/C17H25N5O3/c1-19-11-18-15-14(19)16(24)22(17(25)21(15)3)10-13(23)20(2)12-8-6-4-5-7-9-12/h11-12H,4-10H2,1-3H3. The van der Waals surface area contributed by atoms with Crippen LogP contribution < -0.4 is 11.2 Å². The van der Waals surface area contributed by atoms with Crippen LogP contribution in [0.3, 0.4) is 0 Å². The quantitative estimate of drug-likeness (QED) is 0.762. The lowest BCUT2D eigenvalue weighted by Gasteiger charge is -2.27. The molecule has 1 aliphatic rings. The van der Waals surface area contributed by atoms with E-state index in [1.165, 1.54) is 23.7 Å². The van der Waals surface area contributed by atoms with Crippen molar-refractivity contribution in [3.8, 4) is 0 Å². The Morgan fingerprint density at radius 1 is 1.20 bits per heavy atom. The lowest BCUT2D eigenvalue weighted by atomic mass is 10.1. The van der Waals surface area contributed by atoms with Crippen LogP contribution in [0.5, 0.6) is 0 Å². The average molecular weight is 347 g/mol. The Morgan fingerprint density at radius 2 is 1.84 bits per heavy atom. The Labute approximate surface area is 145 Å². The summed E-state index contributed by atoms with van der Waals surface area (Å²) in [5.74, 6) is -0.201. The summed E-state index contributed by atoms with van der Waals surface area (Å²) in [6.45, 7) is -0.236. The summed E-state index contributed by atoms with van der Waals surface area (Å²) in [5.41, 5.74) is -0.329. The number of hydrogen-bond acceptors (Lipinski definition) is 4. The zero-order valence-corrected chi connectivity index (χ0v) is 15.1. The number of aryl methyl sites for hydroxylation is 2. The summed E-state index contributed by atoms with van der Waals surface area (Å²) >= 11 is 0. The van der Waals surface area contributed by atoms with Crippen LogP contribution in [-0.2, 0) is 25.4 Å². The van der Waals surface area contributed by atoms with Crippen LogP contribution in [0.4, 0.5) is 0 Å². The minimum absolute atomic E-state index is 0.190. The fourth-order valence-corrected chi connectivity index (χ4v) is 3.63. The number of rotatable bonds is 3. The van der Waals surface area contributed by atoms with Crippen LogP contribution in [0.15, 0.2) is 15.9 Å². The van der Waals surface area contributed by atoms with Crippen LogP contribution in [0, 0.1) is 0 Å². The van der Waals surface area contributed by atoms with E-state index in [9.17, 15) is 14.4 Å². The molecule has 0 radical (unpaired) electrons. The van der Waals surface area contributed by atoms with Crippen molar-refractivity contribution < 1.29 is 4.79 Å². The fraction of sp³-hybridized carbons (Fsp3) is 0.647.